The largest absolute Gasteiger partial charge is 0.360 e. The Balaban J connectivity index is 2.11. The van der Waals surface area contributed by atoms with Crippen molar-refractivity contribution >= 4 is 11.7 Å². The van der Waals surface area contributed by atoms with Crippen molar-refractivity contribution in [3.8, 4) is 0 Å². The molecule has 5 heteroatoms. The third kappa shape index (κ3) is 4.93. The van der Waals surface area contributed by atoms with Crippen LogP contribution in [0.4, 0.5) is 5.82 Å². The van der Waals surface area contributed by atoms with E-state index in [2.05, 4.69) is 17.4 Å². The van der Waals surface area contributed by atoms with Gasteiger partial charge in [-0.05, 0) is 19.8 Å². The molecule has 0 aliphatic rings. The van der Waals surface area contributed by atoms with Crippen LogP contribution in [-0.4, -0.2) is 24.2 Å². The summed E-state index contributed by atoms with van der Waals surface area (Å²) >= 11 is 0. The average molecular weight is 226 g/mol. The van der Waals surface area contributed by atoms with Gasteiger partial charge >= 0.3 is 0 Å². The van der Waals surface area contributed by atoms with E-state index in [1.165, 1.54) is 12.8 Å². The summed E-state index contributed by atoms with van der Waals surface area (Å²) in [5.41, 5.74) is 0. The lowest BCUT2D eigenvalue weighted by Crippen LogP contribution is -2.86. The quantitative estimate of drug-likeness (QED) is 0.671. The average Bonchev–Trinajstić information content (AvgIpc) is 2.63. The number of amides is 1. The summed E-state index contributed by atoms with van der Waals surface area (Å²) in [4.78, 5) is 11.4. The number of anilines is 1. The van der Waals surface area contributed by atoms with Crippen LogP contribution in [0.2, 0.25) is 0 Å². The van der Waals surface area contributed by atoms with E-state index in [0.29, 0.717) is 18.1 Å². The predicted octanol–water partition coefficient (Wildman–Crippen LogP) is 0.675. The molecule has 16 heavy (non-hydrogen) atoms. The second-order valence-electron chi connectivity index (χ2n) is 3.86. The summed E-state index contributed by atoms with van der Waals surface area (Å²) in [5, 5.41) is 8.38. The van der Waals surface area contributed by atoms with Crippen LogP contribution in [0.25, 0.3) is 0 Å². The van der Waals surface area contributed by atoms with Crippen molar-refractivity contribution in [1.29, 1.82) is 0 Å². The van der Waals surface area contributed by atoms with Gasteiger partial charge in [-0.25, -0.2) is 0 Å². The zero-order valence-electron chi connectivity index (χ0n) is 9.95. The van der Waals surface area contributed by atoms with E-state index < -0.39 is 0 Å². The predicted molar refractivity (Wildman–Crippen MR) is 61.1 cm³/mol. The molecule has 90 valence electrons. The Hall–Kier alpha value is -1.36. The van der Waals surface area contributed by atoms with E-state index >= 15 is 0 Å². The maximum atomic E-state index is 11.4. The minimum atomic E-state index is -0.0372. The van der Waals surface area contributed by atoms with Crippen LogP contribution in [0.5, 0.6) is 0 Å². The molecule has 1 amide bonds. The minimum Gasteiger partial charge on any atom is -0.360 e. The number of carbonyl (C=O) groups excluding carboxylic acids is 1. The molecule has 1 aromatic rings. The molecular formula is C11H20N3O2+. The van der Waals surface area contributed by atoms with E-state index in [1.807, 2.05) is 5.32 Å². The number of nitrogens with two attached hydrogens (primary N) is 1. The molecule has 5 nitrogen and oxygen atoms in total. The van der Waals surface area contributed by atoms with Gasteiger partial charge in [0.15, 0.2) is 12.4 Å². The van der Waals surface area contributed by atoms with Gasteiger partial charge in [-0.3, -0.25) is 4.79 Å². The third-order valence-corrected chi connectivity index (χ3v) is 2.24. The normalized spacial score (nSPS) is 10.4. The smallest absolute Gasteiger partial charge is 0.280 e. The van der Waals surface area contributed by atoms with Gasteiger partial charge in [-0.1, -0.05) is 18.5 Å². The van der Waals surface area contributed by atoms with Gasteiger partial charge in [0, 0.05) is 6.07 Å². The van der Waals surface area contributed by atoms with E-state index in [9.17, 15) is 4.79 Å². The topological polar surface area (TPSA) is 71.7 Å². The second kappa shape index (κ2) is 7.00. The molecule has 3 N–H and O–H groups in total. The molecule has 0 saturated heterocycles. The number of nitrogens with zero attached hydrogens (tertiary/aromatic N) is 1. The Morgan fingerprint density at radius 2 is 2.38 bits per heavy atom. The van der Waals surface area contributed by atoms with Crippen LogP contribution in [0.3, 0.4) is 0 Å². The first-order valence-corrected chi connectivity index (χ1v) is 5.77. The van der Waals surface area contributed by atoms with Crippen molar-refractivity contribution in [2.45, 2.75) is 33.1 Å². The van der Waals surface area contributed by atoms with Crippen LogP contribution >= 0.6 is 0 Å². The first-order chi connectivity index (χ1) is 7.72. The summed E-state index contributed by atoms with van der Waals surface area (Å²) in [5.74, 6) is 1.15. The van der Waals surface area contributed by atoms with Crippen molar-refractivity contribution in [2.75, 3.05) is 18.4 Å². The highest BCUT2D eigenvalue weighted by Gasteiger charge is 2.06. The molecule has 0 aliphatic carbocycles. The van der Waals surface area contributed by atoms with Gasteiger partial charge in [0.2, 0.25) is 0 Å². The highest BCUT2D eigenvalue weighted by Crippen LogP contribution is 2.05. The first-order valence-electron chi connectivity index (χ1n) is 5.77. The van der Waals surface area contributed by atoms with Crippen LogP contribution in [0.1, 0.15) is 31.9 Å². The molecule has 0 unspecified atom stereocenters. The molecule has 0 saturated carbocycles. The Morgan fingerprint density at radius 1 is 1.56 bits per heavy atom. The summed E-state index contributed by atoms with van der Waals surface area (Å²) in [6, 6.07) is 1.70. The molecule has 0 atom stereocenters. The van der Waals surface area contributed by atoms with Gasteiger partial charge in [-0.15, -0.1) is 0 Å². The number of unbranched alkanes of at least 4 members (excludes halogenated alkanes) is 2. The van der Waals surface area contributed by atoms with E-state index in [0.717, 1.165) is 13.0 Å². The van der Waals surface area contributed by atoms with Gasteiger partial charge in [-0.2, -0.15) is 0 Å². The zero-order chi connectivity index (χ0) is 11.8. The molecule has 0 aromatic carbocycles. The molecule has 0 fully saturated rings. The number of hydrogen-bond acceptors (Lipinski definition) is 3. The fourth-order valence-corrected chi connectivity index (χ4v) is 1.39. The number of rotatable bonds is 7. The highest BCUT2D eigenvalue weighted by molar-refractivity contribution is 5.90. The maximum absolute atomic E-state index is 11.4. The van der Waals surface area contributed by atoms with Crippen LogP contribution < -0.4 is 10.6 Å². The summed E-state index contributed by atoms with van der Waals surface area (Å²) < 4.78 is 4.85. The van der Waals surface area contributed by atoms with Crippen molar-refractivity contribution in [3.63, 3.8) is 0 Å². The molecule has 0 spiro atoms. The zero-order valence-corrected chi connectivity index (χ0v) is 9.95. The molecule has 0 bridgehead atoms. The standard InChI is InChI=1S/C11H19N3O2/c1-3-4-5-6-12-8-11(15)13-10-7-9(2)16-14-10/h7,12H,3-6,8H2,1-2H3,(H,13,14,15)/p+1. The van der Waals surface area contributed by atoms with Gasteiger partial charge < -0.3 is 15.2 Å². The number of hydrogen-bond donors (Lipinski definition) is 2. The minimum absolute atomic E-state index is 0.0372. The summed E-state index contributed by atoms with van der Waals surface area (Å²) in [7, 11) is 0. The van der Waals surface area contributed by atoms with Gasteiger partial charge in [0.05, 0.1) is 6.54 Å². The number of nitrogens with one attached hydrogen (secondary N) is 1. The van der Waals surface area contributed by atoms with Crippen LogP contribution in [0, 0.1) is 6.92 Å². The Kier molecular flexibility index (Phi) is 5.56. The van der Waals surface area contributed by atoms with Crippen molar-refractivity contribution in [3.05, 3.63) is 11.8 Å². The lowest BCUT2D eigenvalue weighted by molar-refractivity contribution is -0.643. The fourth-order valence-electron chi connectivity index (χ4n) is 1.39. The highest BCUT2D eigenvalue weighted by atomic mass is 16.5. The third-order valence-electron chi connectivity index (χ3n) is 2.24. The second-order valence-corrected chi connectivity index (χ2v) is 3.86. The maximum Gasteiger partial charge on any atom is 0.280 e. The lowest BCUT2D eigenvalue weighted by atomic mass is 10.2. The van der Waals surface area contributed by atoms with Gasteiger partial charge in [0.25, 0.3) is 5.91 Å². The molecule has 1 rings (SSSR count). The van der Waals surface area contributed by atoms with Crippen LogP contribution in [-0.2, 0) is 4.79 Å². The molecule has 0 aliphatic heterocycles. The molecule has 1 heterocycles. The Morgan fingerprint density at radius 3 is 3.00 bits per heavy atom. The number of aryl methyl sites for hydroxylation is 1. The lowest BCUT2D eigenvalue weighted by Gasteiger charge is -2.00. The fraction of sp³-hybridized carbons (Fsp3) is 0.636. The van der Waals surface area contributed by atoms with Crippen molar-refractivity contribution < 1.29 is 14.6 Å². The van der Waals surface area contributed by atoms with Gasteiger partial charge in [0.1, 0.15) is 5.76 Å². The van der Waals surface area contributed by atoms with Crippen molar-refractivity contribution in [1.82, 2.24) is 5.16 Å². The van der Waals surface area contributed by atoms with E-state index in [4.69, 9.17) is 4.52 Å². The number of quaternary nitrogens is 1. The number of carbonyl (C=O) groups is 1. The Labute approximate surface area is 95.6 Å². The van der Waals surface area contributed by atoms with E-state index in [1.54, 1.807) is 13.0 Å². The Bertz CT molecular complexity index is 323. The number of aromatic nitrogens is 1. The first kappa shape index (κ1) is 12.7. The monoisotopic (exact) mass is 226 g/mol. The van der Waals surface area contributed by atoms with Crippen molar-refractivity contribution in [2.24, 2.45) is 0 Å². The molecule has 1 aromatic heterocycles. The molecule has 0 radical (unpaired) electrons. The summed E-state index contributed by atoms with van der Waals surface area (Å²) in [6.45, 7) is 5.40. The van der Waals surface area contributed by atoms with Crippen LogP contribution in [0.15, 0.2) is 10.6 Å². The van der Waals surface area contributed by atoms with E-state index in [-0.39, 0.29) is 5.91 Å². The SMILES string of the molecule is CCCCC[NH2+]CC(=O)Nc1cc(C)on1. The summed E-state index contributed by atoms with van der Waals surface area (Å²) in [6.07, 6.45) is 3.59. The molecular weight excluding hydrogens is 206 g/mol.